The first-order chi connectivity index (χ1) is 12.7. The van der Waals surface area contributed by atoms with Gasteiger partial charge in [0.1, 0.15) is 11.9 Å². The highest BCUT2D eigenvalue weighted by molar-refractivity contribution is 6.30. The Morgan fingerprint density at radius 2 is 1.65 bits per heavy atom. The Bertz CT molecular complexity index is 939. The van der Waals surface area contributed by atoms with Crippen molar-refractivity contribution in [2.75, 3.05) is 17.3 Å². The molecule has 4 nitrogen and oxygen atoms in total. The van der Waals surface area contributed by atoms with Crippen LogP contribution in [0.3, 0.4) is 0 Å². The molecule has 0 unspecified atom stereocenters. The summed E-state index contributed by atoms with van der Waals surface area (Å²) in [7, 11) is 1.64. The standard InChI is InChI=1S/C21H17ClN2O2/c1-26-17-12-8-15(9-13-17)23-20-18-4-2-3-5-19(18)21(25)24(20)16-10-6-14(22)7-11-16/h2-13,20,23H,1H3/t20-/m1/s1. The van der Waals surface area contributed by atoms with Gasteiger partial charge in [-0.2, -0.15) is 0 Å². The van der Waals surface area contributed by atoms with Gasteiger partial charge in [0.15, 0.2) is 0 Å². The van der Waals surface area contributed by atoms with Crippen LogP contribution in [-0.2, 0) is 0 Å². The molecule has 0 spiro atoms. The number of anilines is 2. The van der Waals surface area contributed by atoms with Crippen LogP contribution in [0.4, 0.5) is 11.4 Å². The van der Waals surface area contributed by atoms with Crippen LogP contribution in [0.1, 0.15) is 22.1 Å². The molecule has 130 valence electrons. The first kappa shape index (κ1) is 16.5. The molecular weight excluding hydrogens is 348 g/mol. The van der Waals surface area contributed by atoms with Crippen LogP contribution in [0, 0.1) is 0 Å². The highest BCUT2D eigenvalue weighted by Gasteiger charge is 2.37. The highest BCUT2D eigenvalue weighted by Crippen LogP contribution is 2.38. The summed E-state index contributed by atoms with van der Waals surface area (Å²) in [5, 5.41) is 4.10. The first-order valence-electron chi connectivity index (χ1n) is 8.26. The molecule has 3 aromatic carbocycles. The average molecular weight is 365 g/mol. The molecule has 1 heterocycles. The number of ether oxygens (including phenoxy) is 1. The van der Waals surface area contributed by atoms with E-state index in [9.17, 15) is 4.79 Å². The maximum Gasteiger partial charge on any atom is 0.260 e. The number of hydrogen-bond acceptors (Lipinski definition) is 3. The third-order valence-electron chi connectivity index (χ3n) is 4.46. The van der Waals surface area contributed by atoms with Gasteiger partial charge >= 0.3 is 0 Å². The molecule has 1 aliphatic heterocycles. The Hall–Kier alpha value is -2.98. The predicted molar refractivity (Wildman–Crippen MR) is 104 cm³/mol. The van der Waals surface area contributed by atoms with Gasteiger partial charge in [-0.3, -0.25) is 9.69 Å². The quantitative estimate of drug-likeness (QED) is 0.698. The number of amides is 1. The summed E-state index contributed by atoms with van der Waals surface area (Å²) in [5.74, 6) is 0.752. The highest BCUT2D eigenvalue weighted by atomic mass is 35.5. The SMILES string of the molecule is COc1ccc(N[C@H]2c3ccccc3C(=O)N2c2ccc(Cl)cc2)cc1. The van der Waals surface area contributed by atoms with E-state index >= 15 is 0 Å². The summed E-state index contributed by atoms with van der Waals surface area (Å²) in [6.07, 6.45) is -0.298. The van der Waals surface area contributed by atoms with Gasteiger partial charge in [-0.1, -0.05) is 29.8 Å². The minimum absolute atomic E-state index is 0.0334. The number of hydrogen-bond donors (Lipinski definition) is 1. The van der Waals surface area contributed by atoms with Crippen molar-refractivity contribution in [3.05, 3.63) is 88.9 Å². The molecule has 1 atom stereocenters. The van der Waals surface area contributed by atoms with Crippen LogP contribution in [0.25, 0.3) is 0 Å². The number of benzene rings is 3. The number of halogens is 1. The van der Waals surface area contributed by atoms with Gasteiger partial charge in [-0.25, -0.2) is 0 Å². The maximum atomic E-state index is 13.0. The van der Waals surface area contributed by atoms with E-state index in [-0.39, 0.29) is 12.1 Å². The lowest BCUT2D eigenvalue weighted by atomic mass is 10.1. The molecule has 1 aliphatic rings. The van der Waals surface area contributed by atoms with Crippen molar-refractivity contribution in [3.63, 3.8) is 0 Å². The summed E-state index contributed by atoms with van der Waals surface area (Å²) in [6, 6.07) is 22.6. The maximum absolute atomic E-state index is 13.0. The first-order valence-corrected chi connectivity index (χ1v) is 8.64. The average Bonchev–Trinajstić information content (AvgIpc) is 2.95. The molecule has 3 aromatic rings. The zero-order valence-corrected chi connectivity index (χ0v) is 14.9. The van der Waals surface area contributed by atoms with E-state index in [1.807, 2.05) is 60.7 Å². The summed E-state index contributed by atoms with van der Waals surface area (Å²) in [4.78, 5) is 14.8. The third-order valence-corrected chi connectivity index (χ3v) is 4.71. The van der Waals surface area contributed by atoms with Crippen molar-refractivity contribution >= 4 is 28.9 Å². The second kappa shape index (κ2) is 6.73. The summed E-state index contributed by atoms with van der Waals surface area (Å²) in [6.45, 7) is 0. The lowest BCUT2D eigenvalue weighted by molar-refractivity contribution is 0.0993. The molecule has 0 saturated heterocycles. The van der Waals surface area contributed by atoms with Crippen LogP contribution in [-0.4, -0.2) is 13.0 Å². The van der Waals surface area contributed by atoms with Crippen molar-refractivity contribution in [1.82, 2.24) is 0 Å². The molecule has 1 N–H and O–H groups in total. The Morgan fingerprint density at radius 3 is 2.35 bits per heavy atom. The van der Waals surface area contributed by atoms with E-state index in [0.717, 1.165) is 22.7 Å². The zero-order valence-electron chi connectivity index (χ0n) is 14.1. The number of carbonyl (C=O) groups is 1. The molecule has 0 radical (unpaired) electrons. The van der Waals surface area contributed by atoms with E-state index in [1.54, 1.807) is 24.1 Å². The lowest BCUT2D eigenvalue weighted by Gasteiger charge is -2.27. The molecule has 0 aromatic heterocycles. The smallest absolute Gasteiger partial charge is 0.260 e. The number of nitrogens with one attached hydrogen (secondary N) is 1. The fourth-order valence-electron chi connectivity index (χ4n) is 3.17. The van der Waals surface area contributed by atoms with Crippen LogP contribution >= 0.6 is 11.6 Å². The Labute approximate surface area is 157 Å². The van der Waals surface area contributed by atoms with Crippen molar-refractivity contribution in [3.8, 4) is 5.75 Å². The van der Waals surface area contributed by atoms with Crippen LogP contribution < -0.4 is 15.0 Å². The number of carbonyl (C=O) groups excluding carboxylic acids is 1. The molecule has 0 aliphatic carbocycles. The molecule has 4 rings (SSSR count). The largest absolute Gasteiger partial charge is 0.497 e. The fraction of sp³-hybridized carbons (Fsp3) is 0.0952. The van der Waals surface area contributed by atoms with Gasteiger partial charge in [-0.15, -0.1) is 0 Å². The predicted octanol–water partition coefficient (Wildman–Crippen LogP) is 5.12. The third kappa shape index (κ3) is 2.89. The Kier molecular flexibility index (Phi) is 4.27. The number of rotatable bonds is 4. The Balaban J connectivity index is 1.74. The summed E-state index contributed by atoms with van der Waals surface area (Å²) < 4.78 is 5.21. The van der Waals surface area contributed by atoms with Gasteiger partial charge in [-0.05, 0) is 54.6 Å². The van der Waals surface area contributed by atoms with Gasteiger partial charge in [0.05, 0.1) is 7.11 Å². The van der Waals surface area contributed by atoms with Crippen LogP contribution in [0.2, 0.25) is 5.02 Å². The molecular formula is C21H17ClN2O2. The summed E-state index contributed by atoms with van der Waals surface area (Å²) >= 11 is 6.01. The number of fused-ring (bicyclic) bond motifs is 1. The molecule has 0 fully saturated rings. The zero-order chi connectivity index (χ0) is 18.1. The Morgan fingerprint density at radius 1 is 0.962 bits per heavy atom. The van der Waals surface area contributed by atoms with E-state index in [4.69, 9.17) is 16.3 Å². The van der Waals surface area contributed by atoms with Crippen molar-refractivity contribution < 1.29 is 9.53 Å². The lowest BCUT2D eigenvalue weighted by Crippen LogP contribution is -2.32. The molecule has 0 bridgehead atoms. The molecule has 0 saturated carbocycles. The van der Waals surface area contributed by atoms with E-state index in [0.29, 0.717) is 10.6 Å². The van der Waals surface area contributed by atoms with Gasteiger partial charge < -0.3 is 10.1 Å². The van der Waals surface area contributed by atoms with Crippen LogP contribution in [0.5, 0.6) is 5.75 Å². The number of nitrogens with zero attached hydrogens (tertiary/aromatic N) is 1. The van der Waals surface area contributed by atoms with Gasteiger partial charge in [0.2, 0.25) is 0 Å². The van der Waals surface area contributed by atoms with Gasteiger partial charge in [0.25, 0.3) is 5.91 Å². The van der Waals surface area contributed by atoms with E-state index in [2.05, 4.69) is 5.32 Å². The summed E-state index contributed by atoms with van der Waals surface area (Å²) in [5.41, 5.74) is 3.35. The number of methoxy groups -OCH3 is 1. The second-order valence-electron chi connectivity index (χ2n) is 6.01. The van der Waals surface area contributed by atoms with Gasteiger partial charge in [0, 0.05) is 27.5 Å². The monoisotopic (exact) mass is 364 g/mol. The van der Waals surface area contributed by atoms with Crippen molar-refractivity contribution in [2.24, 2.45) is 0 Å². The van der Waals surface area contributed by atoms with E-state index in [1.165, 1.54) is 0 Å². The normalized spacial score (nSPS) is 15.7. The van der Waals surface area contributed by atoms with Crippen molar-refractivity contribution in [2.45, 2.75) is 6.17 Å². The second-order valence-corrected chi connectivity index (χ2v) is 6.45. The van der Waals surface area contributed by atoms with Crippen molar-refractivity contribution in [1.29, 1.82) is 0 Å². The minimum Gasteiger partial charge on any atom is -0.497 e. The fourth-order valence-corrected chi connectivity index (χ4v) is 3.30. The molecule has 5 heteroatoms. The van der Waals surface area contributed by atoms with E-state index < -0.39 is 0 Å². The minimum atomic E-state index is -0.298. The molecule has 1 amide bonds. The topological polar surface area (TPSA) is 41.6 Å². The molecule has 26 heavy (non-hydrogen) atoms. The van der Waals surface area contributed by atoms with Crippen LogP contribution in [0.15, 0.2) is 72.8 Å².